The van der Waals surface area contributed by atoms with Crippen LogP contribution in [0.25, 0.3) is 5.69 Å². The minimum absolute atomic E-state index is 0.0177. The molecular formula is C18H24N2O2. The quantitative estimate of drug-likeness (QED) is 0.923. The molecule has 0 spiro atoms. The molecule has 4 heteroatoms. The van der Waals surface area contributed by atoms with Crippen molar-refractivity contribution in [2.45, 2.75) is 27.7 Å². The monoisotopic (exact) mass is 300 g/mol. The summed E-state index contributed by atoms with van der Waals surface area (Å²) >= 11 is 0. The molecule has 1 amide bonds. The number of carbonyl (C=O) groups excluding carboxylic acids is 1. The lowest BCUT2D eigenvalue weighted by Gasteiger charge is -2.19. The molecule has 0 atom stereocenters. The molecule has 1 N–H and O–H groups in total. The molecule has 1 heterocycles. The molecule has 0 saturated carbocycles. The first kappa shape index (κ1) is 16.3. The Labute approximate surface area is 132 Å². The molecule has 22 heavy (non-hydrogen) atoms. The molecule has 2 rings (SSSR count). The molecule has 1 aromatic carbocycles. The summed E-state index contributed by atoms with van der Waals surface area (Å²) in [4.78, 5) is 14.3. The summed E-state index contributed by atoms with van der Waals surface area (Å²) in [6.45, 7) is 8.90. The number of carbonyl (C=O) groups is 1. The maximum absolute atomic E-state index is 12.7. The fourth-order valence-electron chi connectivity index (χ4n) is 2.84. The molecule has 4 nitrogen and oxygen atoms in total. The highest BCUT2D eigenvalue weighted by Gasteiger charge is 2.20. The zero-order valence-corrected chi connectivity index (χ0v) is 13.8. The van der Waals surface area contributed by atoms with Crippen molar-refractivity contribution in [3.8, 4) is 5.69 Å². The molecule has 118 valence electrons. The van der Waals surface area contributed by atoms with Gasteiger partial charge in [0.15, 0.2) is 0 Å². The van der Waals surface area contributed by atoms with Gasteiger partial charge in [0, 0.05) is 30.2 Å². The Morgan fingerprint density at radius 1 is 1.23 bits per heavy atom. The summed E-state index contributed by atoms with van der Waals surface area (Å²) in [6.07, 6.45) is 0. The summed E-state index contributed by atoms with van der Waals surface area (Å²) in [5.41, 5.74) is 4.93. The first-order chi connectivity index (χ1) is 10.5. The predicted octanol–water partition coefficient (Wildman–Crippen LogP) is 2.86. The molecule has 0 aliphatic heterocycles. The number of rotatable bonds is 5. The third-order valence-corrected chi connectivity index (χ3v) is 3.96. The van der Waals surface area contributed by atoms with Crippen molar-refractivity contribution >= 4 is 5.91 Å². The zero-order chi connectivity index (χ0) is 16.3. The van der Waals surface area contributed by atoms with E-state index in [0.29, 0.717) is 18.7 Å². The van der Waals surface area contributed by atoms with Crippen molar-refractivity contribution in [3.63, 3.8) is 0 Å². The van der Waals surface area contributed by atoms with Gasteiger partial charge in [-0.05, 0) is 51.5 Å². The van der Waals surface area contributed by atoms with E-state index in [1.165, 1.54) is 5.56 Å². The molecule has 0 bridgehead atoms. The molecule has 0 unspecified atom stereocenters. The van der Waals surface area contributed by atoms with Gasteiger partial charge in [-0.2, -0.15) is 0 Å². The summed E-state index contributed by atoms with van der Waals surface area (Å²) < 4.78 is 2.10. The lowest BCUT2D eigenvalue weighted by Crippen LogP contribution is -2.33. The van der Waals surface area contributed by atoms with Crippen LogP contribution in [0.5, 0.6) is 0 Å². The Balaban J connectivity index is 2.45. The normalized spacial score (nSPS) is 10.8. The Bertz CT molecular complexity index is 674. The minimum Gasteiger partial charge on any atom is -0.395 e. The topological polar surface area (TPSA) is 45.5 Å². The third-order valence-electron chi connectivity index (χ3n) is 3.96. The van der Waals surface area contributed by atoms with Crippen LogP contribution in [0.1, 0.15) is 34.2 Å². The van der Waals surface area contributed by atoms with Crippen LogP contribution in [-0.2, 0) is 0 Å². The summed E-state index contributed by atoms with van der Waals surface area (Å²) in [5, 5.41) is 9.10. The van der Waals surface area contributed by atoms with Crippen LogP contribution in [-0.4, -0.2) is 40.2 Å². The second-order valence-corrected chi connectivity index (χ2v) is 5.57. The highest BCUT2D eigenvalue weighted by atomic mass is 16.3. The van der Waals surface area contributed by atoms with E-state index in [0.717, 1.165) is 17.1 Å². The molecule has 0 radical (unpaired) electrons. The van der Waals surface area contributed by atoms with E-state index >= 15 is 0 Å². The second-order valence-electron chi connectivity index (χ2n) is 5.57. The van der Waals surface area contributed by atoms with E-state index in [-0.39, 0.29) is 12.5 Å². The number of aliphatic hydroxyl groups is 1. The largest absolute Gasteiger partial charge is 0.395 e. The average Bonchev–Trinajstić information content (AvgIpc) is 2.79. The van der Waals surface area contributed by atoms with Crippen molar-refractivity contribution in [2.75, 3.05) is 19.7 Å². The first-order valence-electron chi connectivity index (χ1n) is 7.65. The van der Waals surface area contributed by atoms with Crippen molar-refractivity contribution < 1.29 is 9.90 Å². The molecule has 1 aromatic heterocycles. The molecular weight excluding hydrogens is 276 g/mol. The average molecular weight is 300 g/mol. The van der Waals surface area contributed by atoms with Crippen LogP contribution in [0.2, 0.25) is 0 Å². The molecule has 0 aliphatic rings. The van der Waals surface area contributed by atoms with Crippen molar-refractivity contribution in [1.29, 1.82) is 0 Å². The van der Waals surface area contributed by atoms with Crippen LogP contribution in [0.4, 0.5) is 0 Å². The van der Waals surface area contributed by atoms with Gasteiger partial charge in [0.1, 0.15) is 0 Å². The highest BCUT2D eigenvalue weighted by molar-refractivity contribution is 5.96. The Morgan fingerprint density at radius 2 is 1.95 bits per heavy atom. The number of likely N-dealkylation sites (N-methyl/N-ethyl adjacent to an activating group) is 1. The Hall–Kier alpha value is -2.07. The second kappa shape index (κ2) is 6.79. The number of aliphatic hydroxyl groups excluding tert-OH is 1. The van der Waals surface area contributed by atoms with Gasteiger partial charge in [0.2, 0.25) is 0 Å². The van der Waals surface area contributed by atoms with Crippen molar-refractivity contribution in [3.05, 3.63) is 52.8 Å². The van der Waals surface area contributed by atoms with E-state index in [4.69, 9.17) is 5.11 Å². The fraction of sp³-hybridized carbons (Fsp3) is 0.389. The van der Waals surface area contributed by atoms with E-state index in [1.807, 2.05) is 39.0 Å². The minimum atomic E-state index is -0.0245. The SMILES string of the molecule is CCN(CCO)C(=O)c1cc(C)n(-c2cccc(C)c2)c1C. The number of nitrogens with zero attached hydrogens (tertiary/aromatic N) is 2. The summed E-state index contributed by atoms with van der Waals surface area (Å²) in [7, 11) is 0. The van der Waals surface area contributed by atoms with Gasteiger partial charge in [0.05, 0.1) is 12.2 Å². The van der Waals surface area contributed by atoms with Crippen LogP contribution >= 0.6 is 0 Å². The van der Waals surface area contributed by atoms with Crippen LogP contribution in [0, 0.1) is 20.8 Å². The standard InChI is InChI=1S/C18H24N2O2/c1-5-19(9-10-21)18(22)17-12-14(3)20(15(17)4)16-8-6-7-13(2)11-16/h6-8,11-12,21H,5,9-10H2,1-4H3. The van der Waals surface area contributed by atoms with Gasteiger partial charge < -0.3 is 14.6 Å². The number of hydrogen-bond acceptors (Lipinski definition) is 2. The lowest BCUT2D eigenvalue weighted by molar-refractivity contribution is 0.0731. The van der Waals surface area contributed by atoms with Crippen LogP contribution in [0.15, 0.2) is 30.3 Å². The number of hydrogen-bond donors (Lipinski definition) is 1. The van der Waals surface area contributed by atoms with Crippen LogP contribution < -0.4 is 0 Å². The maximum atomic E-state index is 12.7. The highest BCUT2D eigenvalue weighted by Crippen LogP contribution is 2.22. The predicted molar refractivity (Wildman–Crippen MR) is 88.6 cm³/mol. The summed E-state index contributed by atoms with van der Waals surface area (Å²) in [6, 6.07) is 10.2. The van der Waals surface area contributed by atoms with Gasteiger partial charge in [-0.25, -0.2) is 0 Å². The smallest absolute Gasteiger partial charge is 0.255 e. The van der Waals surface area contributed by atoms with Gasteiger partial charge in [0.25, 0.3) is 5.91 Å². The van der Waals surface area contributed by atoms with Gasteiger partial charge in [-0.1, -0.05) is 12.1 Å². The van der Waals surface area contributed by atoms with Crippen LogP contribution in [0.3, 0.4) is 0 Å². The van der Waals surface area contributed by atoms with Gasteiger partial charge >= 0.3 is 0 Å². The van der Waals surface area contributed by atoms with E-state index in [2.05, 4.69) is 23.6 Å². The zero-order valence-electron chi connectivity index (χ0n) is 13.8. The number of benzene rings is 1. The molecule has 0 aliphatic carbocycles. The third kappa shape index (κ3) is 3.07. The Kier molecular flexibility index (Phi) is 5.03. The Morgan fingerprint density at radius 3 is 2.55 bits per heavy atom. The number of aryl methyl sites for hydroxylation is 2. The van der Waals surface area contributed by atoms with Crippen molar-refractivity contribution in [1.82, 2.24) is 9.47 Å². The van der Waals surface area contributed by atoms with Crippen molar-refractivity contribution in [2.24, 2.45) is 0 Å². The maximum Gasteiger partial charge on any atom is 0.255 e. The van der Waals surface area contributed by atoms with E-state index in [9.17, 15) is 4.79 Å². The fourth-order valence-corrected chi connectivity index (χ4v) is 2.84. The van der Waals surface area contributed by atoms with Gasteiger partial charge in [-0.15, -0.1) is 0 Å². The molecule has 0 saturated heterocycles. The van der Waals surface area contributed by atoms with Gasteiger partial charge in [-0.3, -0.25) is 4.79 Å². The summed E-state index contributed by atoms with van der Waals surface area (Å²) in [5.74, 6) is -0.0245. The molecule has 0 fully saturated rings. The number of amides is 1. The van der Waals surface area contributed by atoms with E-state index < -0.39 is 0 Å². The molecule has 2 aromatic rings. The van der Waals surface area contributed by atoms with E-state index in [1.54, 1.807) is 4.90 Å². The number of aromatic nitrogens is 1. The lowest BCUT2D eigenvalue weighted by atomic mass is 10.2. The first-order valence-corrected chi connectivity index (χ1v) is 7.65.